The molecule has 0 amide bonds. The molecule has 0 radical (unpaired) electrons. The summed E-state index contributed by atoms with van der Waals surface area (Å²) < 4.78 is 25.7. The van der Waals surface area contributed by atoms with Crippen molar-refractivity contribution in [1.82, 2.24) is 0 Å². The maximum absolute atomic E-state index is 13.0. The van der Waals surface area contributed by atoms with E-state index in [0.29, 0.717) is 12.0 Å². The Bertz CT molecular complexity index is 336. The molecule has 2 heteroatoms. The number of rotatable bonds is 2. The molecular formula is C11H10F2. The average molecular weight is 180 g/mol. The van der Waals surface area contributed by atoms with Crippen LogP contribution < -0.4 is 0 Å². The molecule has 0 heterocycles. The van der Waals surface area contributed by atoms with Crippen LogP contribution in [0.25, 0.3) is 0 Å². The van der Waals surface area contributed by atoms with Gasteiger partial charge in [-0.15, -0.1) is 12.3 Å². The first-order chi connectivity index (χ1) is 6.13. The van der Waals surface area contributed by atoms with Crippen molar-refractivity contribution in [3.8, 4) is 12.3 Å². The minimum Gasteiger partial charge on any atom is -0.207 e. The molecule has 1 unspecified atom stereocenters. The summed E-state index contributed by atoms with van der Waals surface area (Å²) in [4.78, 5) is 0. The molecule has 0 aliphatic carbocycles. The number of benzene rings is 1. The van der Waals surface area contributed by atoms with Gasteiger partial charge < -0.3 is 0 Å². The van der Waals surface area contributed by atoms with Crippen LogP contribution in [-0.2, 0) is 6.42 Å². The quantitative estimate of drug-likeness (QED) is 0.614. The smallest absolute Gasteiger partial charge is 0.126 e. The van der Waals surface area contributed by atoms with E-state index in [1.54, 1.807) is 6.92 Å². The van der Waals surface area contributed by atoms with E-state index in [-0.39, 0.29) is 5.92 Å². The summed E-state index contributed by atoms with van der Waals surface area (Å²) in [5.74, 6) is 1.57. The zero-order valence-electron chi connectivity index (χ0n) is 7.35. The van der Waals surface area contributed by atoms with Crippen molar-refractivity contribution >= 4 is 0 Å². The van der Waals surface area contributed by atoms with Gasteiger partial charge in [0.2, 0.25) is 0 Å². The van der Waals surface area contributed by atoms with E-state index in [4.69, 9.17) is 6.42 Å². The SMILES string of the molecule is C#CC(C)Cc1cc(F)ccc1F. The number of hydrogen-bond donors (Lipinski definition) is 0. The van der Waals surface area contributed by atoms with Crippen molar-refractivity contribution in [2.24, 2.45) is 5.92 Å². The van der Waals surface area contributed by atoms with E-state index in [2.05, 4.69) is 5.92 Å². The molecule has 0 saturated carbocycles. The van der Waals surface area contributed by atoms with E-state index < -0.39 is 11.6 Å². The molecule has 0 fully saturated rings. The lowest BCUT2D eigenvalue weighted by Crippen LogP contribution is -1.99. The summed E-state index contributed by atoms with van der Waals surface area (Å²) in [5, 5.41) is 0. The van der Waals surface area contributed by atoms with Gasteiger partial charge in [-0.1, -0.05) is 6.92 Å². The van der Waals surface area contributed by atoms with Gasteiger partial charge in [0.15, 0.2) is 0 Å². The van der Waals surface area contributed by atoms with Crippen LogP contribution in [0.1, 0.15) is 12.5 Å². The second-order valence-corrected chi connectivity index (χ2v) is 3.01. The van der Waals surface area contributed by atoms with Crippen LogP contribution in [-0.4, -0.2) is 0 Å². The van der Waals surface area contributed by atoms with Gasteiger partial charge in [0.1, 0.15) is 11.6 Å². The highest BCUT2D eigenvalue weighted by Gasteiger charge is 2.06. The topological polar surface area (TPSA) is 0 Å². The van der Waals surface area contributed by atoms with E-state index in [1.165, 1.54) is 6.07 Å². The molecule has 0 aromatic heterocycles. The lowest BCUT2D eigenvalue weighted by Gasteiger charge is -2.05. The highest BCUT2D eigenvalue weighted by molar-refractivity contribution is 5.20. The Morgan fingerprint density at radius 1 is 1.46 bits per heavy atom. The van der Waals surface area contributed by atoms with E-state index >= 15 is 0 Å². The Morgan fingerprint density at radius 2 is 2.15 bits per heavy atom. The van der Waals surface area contributed by atoms with Crippen LogP contribution >= 0.6 is 0 Å². The fraction of sp³-hybridized carbons (Fsp3) is 0.273. The number of halogens is 2. The maximum atomic E-state index is 13.0. The molecule has 0 spiro atoms. The van der Waals surface area contributed by atoms with Gasteiger partial charge in [0, 0.05) is 5.92 Å². The highest BCUT2D eigenvalue weighted by atomic mass is 19.1. The van der Waals surface area contributed by atoms with Crippen LogP contribution in [0, 0.1) is 29.9 Å². The Balaban J connectivity index is 2.88. The molecule has 0 aliphatic rings. The molecule has 13 heavy (non-hydrogen) atoms. The molecular weight excluding hydrogens is 170 g/mol. The van der Waals surface area contributed by atoms with Gasteiger partial charge >= 0.3 is 0 Å². The summed E-state index contributed by atoms with van der Waals surface area (Å²) in [6, 6.07) is 3.40. The first-order valence-electron chi connectivity index (χ1n) is 4.03. The molecule has 0 saturated heterocycles. The zero-order valence-corrected chi connectivity index (χ0v) is 7.35. The largest absolute Gasteiger partial charge is 0.207 e. The Labute approximate surface area is 76.6 Å². The summed E-state index contributed by atoms with van der Waals surface area (Å²) in [7, 11) is 0. The van der Waals surface area contributed by atoms with Crippen LogP contribution in [0.5, 0.6) is 0 Å². The molecule has 0 nitrogen and oxygen atoms in total. The van der Waals surface area contributed by atoms with Gasteiger partial charge in [0.05, 0.1) is 0 Å². The van der Waals surface area contributed by atoms with Crippen LogP contribution in [0.3, 0.4) is 0 Å². The third kappa shape index (κ3) is 2.55. The van der Waals surface area contributed by atoms with E-state index in [9.17, 15) is 8.78 Å². The Hall–Kier alpha value is -1.36. The van der Waals surface area contributed by atoms with Crippen molar-refractivity contribution in [3.05, 3.63) is 35.4 Å². The summed E-state index contributed by atoms with van der Waals surface area (Å²) >= 11 is 0. The van der Waals surface area contributed by atoms with Crippen molar-refractivity contribution < 1.29 is 8.78 Å². The molecule has 1 aromatic carbocycles. The van der Waals surface area contributed by atoms with Gasteiger partial charge in [-0.05, 0) is 30.2 Å². The first kappa shape index (κ1) is 9.73. The van der Waals surface area contributed by atoms with Crippen molar-refractivity contribution in [3.63, 3.8) is 0 Å². The summed E-state index contributed by atoms with van der Waals surface area (Å²) in [6.07, 6.45) is 5.52. The zero-order chi connectivity index (χ0) is 9.84. The fourth-order valence-electron chi connectivity index (χ4n) is 1.09. The van der Waals surface area contributed by atoms with Crippen LogP contribution in [0.15, 0.2) is 18.2 Å². The number of terminal acetylenes is 1. The summed E-state index contributed by atoms with van der Waals surface area (Å²) in [6.45, 7) is 1.80. The minimum atomic E-state index is -0.430. The second-order valence-electron chi connectivity index (χ2n) is 3.01. The Morgan fingerprint density at radius 3 is 2.77 bits per heavy atom. The standard InChI is InChI=1S/C11H10F2/c1-3-8(2)6-9-7-10(12)4-5-11(9)13/h1,4-5,7-8H,6H2,2H3. The molecule has 1 rings (SSSR count). The second kappa shape index (κ2) is 4.04. The lowest BCUT2D eigenvalue weighted by molar-refractivity contribution is 0.574. The first-order valence-corrected chi connectivity index (χ1v) is 4.03. The fourth-order valence-corrected chi connectivity index (χ4v) is 1.09. The van der Waals surface area contributed by atoms with E-state index in [1.807, 2.05) is 0 Å². The van der Waals surface area contributed by atoms with Crippen LogP contribution in [0.2, 0.25) is 0 Å². The minimum absolute atomic E-state index is 0.0729. The molecule has 0 aliphatic heterocycles. The Kier molecular flexibility index (Phi) is 3.02. The van der Waals surface area contributed by atoms with Gasteiger partial charge in [-0.3, -0.25) is 0 Å². The molecule has 0 bridgehead atoms. The molecule has 1 aromatic rings. The van der Waals surface area contributed by atoms with Crippen molar-refractivity contribution in [2.45, 2.75) is 13.3 Å². The van der Waals surface area contributed by atoms with Gasteiger partial charge in [0.25, 0.3) is 0 Å². The molecule has 1 atom stereocenters. The monoisotopic (exact) mass is 180 g/mol. The average Bonchev–Trinajstić information content (AvgIpc) is 2.11. The van der Waals surface area contributed by atoms with Crippen LogP contribution in [0.4, 0.5) is 8.78 Å². The molecule has 0 N–H and O–H groups in total. The van der Waals surface area contributed by atoms with Crippen molar-refractivity contribution in [1.29, 1.82) is 0 Å². The molecule has 68 valence electrons. The maximum Gasteiger partial charge on any atom is 0.126 e. The predicted molar refractivity (Wildman–Crippen MR) is 48.1 cm³/mol. The lowest BCUT2D eigenvalue weighted by atomic mass is 10.0. The normalized spacial score (nSPS) is 12.2. The predicted octanol–water partition coefficient (Wildman–Crippen LogP) is 2.78. The van der Waals surface area contributed by atoms with Gasteiger partial charge in [-0.25, -0.2) is 8.78 Å². The third-order valence-electron chi connectivity index (χ3n) is 1.82. The highest BCUT2D eigenvalue weighted by Crippen LogP contribution is 2.13. The van der Waals surface area contributed by atoms with Gasteiger partial charge in [-0.2, -0.15) is 0 Å². The van der Waals surface area contributed by atoms with Crippen molar-refractivity contribution in [2.75, 3.05) is 0 Å². The summed E-state index contributed by atoms with van der Waals surface area (Å²) in [5.41, 5.74) is 0.338. The number of hydrogen-bond acceptors (Lipinski definition) is 0. The van der Waals surface area contributed by atoms with E-state index in [0.717, 1.165) is 12.1 Å². The third-order valence-corrected chi connectivity index (χ3v) is 1.82.